The maximum absolute atomic E-state index is 13.2. The van der Waals surface area contributed by atoms with E-state index in [-0.39, 0.29) is 11.7 Å². The molecule has 2 aromatic carbocycles. The van der Waals surface area contributed by atoms with Gasteiger partial charge in [0.05, 0.1) is 0 Å². The van der Waals surface area contributed by atoms with Gasteiger partial charge in [-0.1, -0.05) is 42.1 Å². The van der Waals surface area contributed by atoms with Gasteiger partial charge in [-0.25, -0.2) is 4.39 Å². The van der Waals surface area contributed by atoms with Gasteiger partial charge in [-0.05, 0) is 42.0 Å². The number of carbonyl (C=O) groups excluding carboxylic acids is 1. The molecule has 0 aliphatic carbocycles. The molecule has 0 spiro atoms. The molecular formula is C22H18FN5OS. The highest BCUT2D eigenvalue weighted by molar-refractivity contribution is 8.00. The second-order valence-corrected chi connectivity index (χ2v) is 7.58. The number of anilines is 1. The number of hydrogen-bond donors (Lipinski definition) is 1. The fraction of sp³-hybridized carbons (Fsp3) is 0.0909. The number of halogens is 1. The van der Waals surface area contributed by atoms with Gasteiger partial charge in [-0.3, -0.25) is 9.78 Å². The number of benzene rings is 2. The van der Waals surface area contributed by atoms with Gasteiger partial charge in [0, 0.05) is 30.7 Å². The zero-order valence-corrected chi connectivity index (χ0v) is 16.9. The quantitative estimate of drug-likeness (QED) is 0.466. The zero-order valence-electron chi connectivity index (χ0n) is 16.1. The number of pyridine rings is 1. The summed E-state index contributed by atoms with van der Waals surface area (Å²) in [6.07, 6.45) is 3.41. The number of thioether (sulfide) groups is 1. The number of nitrogens with zero attached hydrogens (tertiary/aromatic N) is 4. The van der Waals surface area contributed by atoms with Crippen LogP contribution in [0.2, 0.25) is 0 Å². The molecule has 0 saturated heterocycles. The van der Waals surface area contributed by atoms with Crippen molar-refractivity contribution in [3.05, 3.63) is 90.5 Å². The minimum Gasteiger partial charge on any atom is -0.325 e. The highest BCUT2D eigenvalue weighted by Gasteiger charge is 2.25. The molecule has 1 N–H and O–H groups in total. The van der Waals surface area contributed by atoms with E-state index in [1.165, 1.54) is 36.0 Å². The lowest BCUT2D eigenvalue weighted by Crippen LogP contribution is -2.19. The van der Waals surface area contributed by atoms with E-state index >= 15 is 0 Å². The van der Waals surface area contributed by atoms with Crippen molar-refractivity contribution in [2.24, 2.45) is 7.05 Å². The first-order valence-electron chi connectivity index (χ1n) is 9.19. The number of aromatic nitrogens is 4. The molecule has 150 valence electrons. The lowest BCUT2D eigenvalue weighted by molar-refractivity contribution is -0.115. The Hall–Kier alpha value is -3.52. The molecule has 0 unspecified atom stereocenters. The van der Waals surface area contributed by atoms with Crippen LogP contribution >= 0.6 is 11.8 Å². The van der Waals surface area contributed by atoms with E-state index < -0.39 is 5.25 Å². The van der Waals surface area contributed by atoms with Gasteiger partial charge < -0.3 is 9.88 Å². The molecule has 2 heterocycles. The fourth-order valence-corrected chi connectivity index (χ4v) is 3.91. The van der Waals surface area contributed by atoms with Crippen LogP contribution in [0.4, 0.5) is 10.1 Å². The predicted octanol–water partition coefficient (Wildman–Crippen LogP) is 4.49. The van der Waals surface area contributed by atoms with Crippen molar-refractivity contribution >= 4 is 23.4 Å². The Labute approximate surface area is 177 Å². The average molecular weight is 419 g/mol. The molecule has 4 rings (SSSR count). The van der Waals surface area contributed by atoms with Gasteiger partial charge in [-0.15, -0.1) is 10.2 Å². The van der Waals surface area contributed by atoms with Crippen LogP contribution in [0, 0.1) is 5.82 Å². The zero-order chi connectivity index (χ0) is 20.9. The number of nitrogens with one attached hydrogen (secondary N) is 1. The maximum atomic E-state index is 13.2. The van der Waals surface area contributed by atoms with E-state index in [2.05, 4.69) is 20.5 Å². The van der Waals surface area contributed by atoms with Crippen molar-refractivity contribution in [1.82, 2.24) is 19.7 Å². The fourth-order valence-electron chi connectivity index (χ4n) is 2.91. The number of amides is 1. The third-order valence-electron chi connectivity index (χ3n) is 4.43. The monoisotopic (exact) mass is 419 g/mol. The van der Waals surface area contributed by atoms with Crippen LogP contribution in [0.1, 0.15) is 10.8 Å². The van der Waals surface area contributed by atoms with E-state index in [1.54, 1.807) is 12.4 Å². The summed E-state index contributed by atoms with van der Waals surface area (Å²) < 4.78 is 15.0. The number of hydrogen-bond acceptors (Lipinski definition) is 5. The highest BCUT2D eigenvalue weighted by atomic mass is 32.2. The standard InChI is InChI=1S/C22H18FN5OS/c1-28-20(16-8-5-13-24-14-16)26-27-22(28)30-19(15-6-3-2-4-7-15)21(29)25-18-11-9-17(23)10-12-18/h2-14,19H,1H3,(H,25,29)/t19-/m1/s1. The molecule has 1 amide bonds. The van der Waals surface area contributed by atoms with Crippen LogP contribution in [-0.4, -0.2) is 25.7 Å². The minimum absolute atomic E-state index is 0.233. The van der Waals surface area contributed by atoms with Crippen LogP contribution in [-0.2, 0) is 11.8 Å². The second-order valence-electron chi connectivity index (χ2n) is 6.51. The van der Waals surface area contributed by atoms with E-state index in [9.17, 15) is 9.18 Å². The Morgan fingerprint density at radius 2 is 1.80 bits per heavy atom. The summed E-state index contributed by atoms with van der Waals surface area (Å²) >= 11 is 1.30. The maximum Gasteiger partial charge on any atom is 0.242 e. The summed E-state index contributed by atoms with van der Waals surface area (Å²) in [5, 5.41) is 11.4. The average Bonchev–Trinajstić information content (AvgIpc) is 3.15. The second kappa shape index (κ2) is 8.87. The Morgan fingerprint density at radius 1 is 1.03 bits per heavy atom. The molecule has 0 fully saturated rings. The van der Waals surface area contributed by atoms with Crippen LogP contribution in [0.3, 0.4) is 0 Å². The van der Waals surface area contributed by atoms with Gasteiger partial charge in [-0.2, -0.15) is 0 Å². The molecule has 8 heteroatoms. The minimum atomic E-state index is -0.569. The van der Waals surface area contributed by atoms with Crippen LogP contribution in [0.5, 0.6) is 0 Å². The van der Waals surface area contributed by atoms with Crippen molar-refractivity contribution in [3.8, 4) is 11.4 Å². The summed E-state index contributed by atoms with van der Waals surface area (Å²) in [5.41, 5.74) is 2.19. The Balaban J connectivity index is 1.62. The van der Waals surface area contributed by atoms with Crippen LogP contribution in [0.25, 0.3) is 11.4 Å². The Morgan fingerprint density at radius 3 is 2.50 bits per heavy atom. The van der Waals surface area contributed by atoms with Crippen molar-refractivity contribution in [3.63, 3.8) is 0 Å². The first-order valence-corrected chi connectivity index (χ1v) is 10.1. The molecule has 4 aromatic rings. The SMILES string of the molecule is Cn1c(S[C@@H](C(=O)Nc2ccc(F)cc2)c2ccccc2)nnc1-c1cccnc1. The third kappa shape index (κ3) is 4.38. The van der Waals surface area contributed by atoms with Crippen molar-refractivity contribution in [2.75, 3.05) is 5.32 Å². The molecule has 0 radical (unpaired) electrons. The van der Waals surface area contributed by atoms with Gasteiger partial charge in [0.2, 0.25) is 5.91 Å². The van der Waals surface area contributed by atoms with E-state index in [4.69, 9.17) is 0 Å². The van der Waals surface area contributed by atoms with Crippen LogP contribution < -0.4 is 5.32 Å². The van der Waals surface area contributed by atoms with Gasteiger partial charge in [0.15, 0.2) is 11.0 Å². The highest BCUT2D eigenvalue weighted by Crippen LogP contribution is 2.36. The Bertz CT molecular complexity index is 1130. The topological polar surface area (TPSA) is 72.7 Å². The van der Waals surface area contributed by atoms with E-state index in [0.29, 0.717) is 16.7 Å². The number of rotatable bonds is 6. The first-order chi connectivity index (χ1) is 14.6. The smallest absolute Gasteiger partial charge is 0.242 e. The van der Waals surface area contributed by atoms with Gasteiger partial charge in [0.1, 0.15) is 11.1 Å². The first kappa shape index (κ1) is 19.8. The normalized spacial score (nSPS) is 11.8. The largest absolute Gasteiger partial charge is 0.325 e. The summed E-state index contributed by atoms with van der Waals surface area (Å²) in [7, 11) is 1.85. The number of carbonyl (C=O) groups is 1. The molecule has 6 nitrogen and oxygen atoms in total. The van der Waals surface area contributed by atoms with Crippen molar-refractivity contribution < 1.29 is 9.18 Å². The summed E-state index contributed by atoms with van der Waals surface area (Å²) in [6, 6.07) is 18.9. The molecule has 1 atom stereocenters. The summed E-state index contributed by atoms with van der Waals surface area (Å²) in [4.78, 5) is 17.2. The van der Waals surface area contributed by atoms with Crippen molar-refractivity contribution in [2.45, 2.75) is 10.4 Å². The Kier molecular flexibility index (Phi) is 5.85. The molecule has 0 aliphatic heterocycles. The van der Waals surface area contributed by atoms with Gasteiger partial charge in [0.25, 0.3) is 0 Å². The summed E-state index contributed by atoms with van der Waals surface area (Å²) in [6.45, 7) is 0. The molecular weight excluding hydrogens is 401 g/mol. The third-order valence-corrected chi connectivity index (χ3v) is 5.72. The molecule has 30 heavy (non-hydrogen) atoms. The molecule has 0 aliphatic rings. The van der Waals surface area contributed by atoms with E-state index in [1.807, 2.05) is 54.1 Å². The van der Waals surface area contributed by atoms with Crippen LogP contribution in [0.15, 0.2) is 84.3 Å². The van der Waals surface area contributed by atoms with E-state index in [0.717, 1.165) is 11.1 Å². The molecule has 2 aromatic heterocycles. The summed E-state index contributed by atoms with van der Waals surface area (Å²) in [5.74, 6) is 0.0732. The lowest BCUT2D eigenvalue weighted by Gasteiger charge is -2.16. The predicted molar refractivity (Wildman–Crippen MR) is 114 cm³/mol. The lowest BCUT2D eigenvalue weighted by atomic mass is 10.1. The molecule has 0 saturated carbocycles. The van der Waals surface area contributed by atoms with Gasteiger partial charge >= 0.3 is 0 Å². The van der Waals surface area contributed by atoms with Crippen molar-refractivity contribution in [1.29, 1.82) is 0 Å². The molecule has 0 bridgehead atoms.